The zero-order chi connectivity index (χ0) is 34.8. The molecule has 5 rings (SSSR count). The predicted molar refractivity (Wildman–Crippen MR) is 191 cm³/mol. The highest BCUT2D eigenvalue weighted by atomic mass is 32.2. The number of ether oxygens (including phenoxy) is 2. The van der Waals surface area contributed by atoms with E-state index in [0.717, 1.165) is 53.1 Å². The normalized spacial score (nSPS) is 14.0. The highest BCUT2D eigenvalue weighted by Gasteiger charge is 2.35. The number of anilines is 1. The van der Waals surface area contributed by atoms with Crippen molar-refractivity contribution >= 4 is 27.5 Å². The molecule has 0 aliphatic heterocycles. The molecule has 9 nitrogen and oxygen atoms in total. The van der Waals surface area contributed by atoms with Crippen molar-refractivity contribution in [2.75, 3.05) is 25.1 Å². The van der Waals surface area contributed by atoms with Gasteiger partial charge in [0.1, 0.15) is 12.6 Å². The monoisotopic (exact) mass is 683 g/mol. The van der Waals surface area contributed by atoms with Crippen molar-refractivity contribution in [3.63, 3.8) is 0 Å². The van der Waals surface area contributed by atoms with Gasteiger partial charge in [-0.05, 0) is 55.2 Å². The summed E-state index contributed by atoms with van der Waals surface area (Å²) in [6.45, 7) is 1.56. The lowest BCUT2D eigenvalue weighted by molar-refractivity contribution is -0.140. The highest BCUT2D eigenvalue weighted by Crippen LogP contribution is 2.32. The van der Waals surface area contributed by atoms with Crippen molar-refractivity contribution in [3.8, 4) is 11.5 Å². The Morgan fingerprint density at radius 3 is 2.10 bits per heavy atom. The molecule has 1 fully saturated rings. The summed E-state index contributed by atoms with van der Waals surface area (Å²) in [7, 11) is -1.39. The molecule has 49 heavy (non-hydrogen) atoms. The minimum absolute atomic E-state index is 0.0293. The van der Waals surface area contributed by atoms with Crippen LogP contribution in [-0.4, -0.2) is 58.0 Å². The fourth-order valence-corrected chi connectivity index (χ4v) is 7.76. The lowest BCUT2D eigenvalue weighted by Gasteiger charge is -2.35. The third-order valence-corrected chi connectivity index (χ3v) is 10.7. The van der Waals surface area contributed by atoms with Gasteiger partial charge in [-0.3, -0.25) is 13.9 Å². The molecule has 0 saturated heterocycles. The van der Waals surface area contributed by atoms with Gasteiger partial charge in [0.15, 0.2) is 11.5 Å². The summed E-state index contributed by atoms with van der Waals surface area (Å²) >= 11 is 0. The second-order valence-corrected chi connectivity index (χ2v) is 14.3. The number of nitrogens with one attached hydrogen (secondary N) is 1. The summed E-state index contributed by atoms with van der Waals surface area (Å²) in [5.41, 5.74) is 3.06. The Bertz CT molecular complexity index is 1810. The molecule has 10 heteroatoms. The average Bonchev–Trinajstić information content (AvgIpc) is 3.12. The van der Waals surface area contributed by atoms with Crippen LogP contribution in [0.5, 0.6) is 11.5 Å². The van der Waals surface area contributed by atoms with Gasteiger partial charge in [0.25, 0.3) is 10.0 Å². The number of rotatable bonds is 14. The zero-order valence-electron chi connectivity index (χ0n) is 28.4. The summed E-state index contributed by atoms with van der Waals surface area (Å²) in [5.74, 6) is -0.132. The molecule has 0 bridgehead atoms. The number of hydrogen-bond donors (Lipinski definition) is 1. The molecule has 2 amide bonds. The summed E-state index contributed by atoms with van der Waals surface area (Å²) in [4.78, 5) is 30.5. The number of para-hydroxylation sites is 1. The van der Waals surface area contributed by atoms with Crippen LogP contribution >= 0.6 is 0 Å². The minimum atomic E-state index is -4.30. The van der Waals surface area contributed by atoms with E-state index in [-0.39, 0.29) is 35.6 Å². The van der Waals surface area contributed by atoms with Crippen LogP contribution in [0.15, 0.2) is 108 Å². The van der Waals surface area contributed by atoms with Gasteiger partial charge >= 0.3 is 0 Å². The number of benzene rings is 4. The van der Waals surface area contributed by atoms with Gasteiger partial charge in [-0.1, -0.05) is 97.6 Å². The molecule has 1 N–H and O–H groups in total. The molecular formula is C39H45N3O6S. The number of carbonyl (C=O) groups is 2. The number of hydrogen-bond acceptors (Lipinski definition) is 6. The Hall–Kier alpha value is -4.83. The molecular weight excluding hydrogens is 639 g/mol. The van der Waals surface area contributed by atoms with Crippen molar-refractivity contribution in [2.45, 2.75) is 69.0 Å². The van der Waals surface area contributed by atoms with Crippen LogP contribution in [-0.2, 0) is 32.6 Å². The molecule has 1 aliphatic rings. The summed E-state index contributed by atoms with van der Waals surface area (Å²) in [6.07, 6.45) is 5.27. The van der Waals surface area contributed by atoms with Gasteiger partial charge in [0, 0.05) is 25.1 Å². The minimum Gasteiger partial charge on any atom is -0.493 e. The van der Waals surface area contributed by atoms with Crippen molar-refractivity contribution < 1.29 is 27.5 Å². The van der Waals surface area contributed by atoms with E-state index in [1.807, 2.05) is 61.5 Å². The Morgan fingerprint density at radius 2 is 1.45 bits per heavy atom. The van der Waals surface area contributed by atoms with Crippen molar-refractivity contribution in [3.05, 3.63) is 120 Å². The van der Waals surface area contributed by atoms with E-state index in [9.17, 15) is 18.0 Å². The second kappa shape index (κ2) is 16.5. The average molecular weight is 684 g/mol. The van der Waals surface area contributed by atoms with E-state index in [4.69, 9.17) is 9.47 Å². The first-order valence-electron chi connectivity index (χ1n) is 16.7. The van der Waals surface area contributed by atoms with Crippen LogP contribution in [0, 0.1) is 6.92 Å². The molecule has 0 aromatic heterocycles. The third kappa shape index (κ3) is 9.00. The lowest BCUT2D eigenvalue weighted by atomic mass is 9.94. The number of aryl methyl sites for hydroxylation is 1. The van der Waals surface area contributed by atoms with Gasteiger partial charge < -0.3 is 19.7 Å². The summed E-state index contributed by atoms with van der Waals surface area (Å²) in [6, 6.07) is 29.4. The number of nitrogens with zero attached hydrogens (tertiary/aromatic N) is 2. The Morgan fingerprint density at radius 1 is 0.796 bits per heavy atom. The van der Waals surface area contributed by atoms with Gasteiger partial charge in [0.2, 0.25) is 11.8 Å². The summed E-state index contributed by atoms with van der Waals surface area (Å²) in [5, 5.41) is 3.25. The van der Waals surface area contributed by atoms with Gasteiger partial charge in [-0.2, -0.15) is 0 Å². The highest BCUT2D eigenvalue weighted by molar-refractivity contribution is 7.92. The maximum Gasteiger partial charge on any atom is 0.264 e. The molecule has 1 aliphatic carbocycles. The number of amides is 2. The second-order valence-electron chi connectivity index (χ2n) is 12.4. The van der Waals surface area contributed by atoms with Crippen molar-refractivity contribution in [1.29, 1.82) is 0 Å². The van der Waals surface area contributed by atoms with Gasteiger partial charge in [0.05, 0.1) is 24.8 Å². The molecule has 0 radical (unpaired) electrons. The maximum atomic E-state index is 14.7. The predicted octanol–water partition coefficient (Wildman–Crippen LogP) is 6.30. The van der Waals surface area contributed by atoms with E-state index in [2.05, 4.69) is 5.32 Å². The largest absolute Gasteiger partial charge is 0.493 e. The van der Waals surface area contributed by atoms with E-state index in [1.165, 1.54) is 32.4 Å². The molecule has 1 saturated carbocycles. The number of carbonyl (C=O) groups excluding carboxylic acids is 2. The van der Waals surface area contributed by atoms with Crippen LogP contribution < -0.4 is 19.1 Å². The first kappa shape index (κ1) is 35.5. The van der Waals surface area contributed by atoms with Crippen LogP contribution in [0.3, 0.4) is 0 Å². The smallest absolute Gasteiger partial charge is 0.264 e. The van der Waals surface area contributed by atoms with Crippen LogP contribution in [0.2, 0.25) is 0 Å². The Balaban J connectivity index is 1.56. The van der Waals surface area contributed by atoms with Gasteiger partial charge in [-0.15, -0.1) is 0 Å². The van der Waals surface area contributed by atoms with Crippen LogP contribution in [0.25, 0.3) is 0 Å². The van der Waals surface area contributed by atoms with Crippen molar-refractivity contribution in [1.82, 2.24) is 10.2 Å². The Kier molecular flexibility index (Phi) is 12.0. The van der Waals surface area contributed by atoms with Gasteiger partial charge in [-0.25, -0.2) is 8.42 Å². The molecule has 1 atom stereocenters. The van der Waals surface area contributed by atoms with E-state index >= 15 is 0 Å². The molecule has 4 aromatic rings. The maximum absolute atomic E-state index is 14.7. The fraction of sp³-hybridized carbons (Fsp3) is 0.333. The summed E-state index contributed by atoms with van der Waals surface area (Å²) < 4.78 is 40.6. The first-order valence-corrected chi connectivity index (χ1v) is 18.1. The van der Waals surface area contributed by atoms with Crippen LogP contribution in [0.1, 0.15) is 48.8 Å². The van der Waals surface area contributed by atoms with E-state index < -0.39 is 28.5 Å². The topological polar surface area (TPSA) is 105 Å². The fourth-order valence-electron chi connectivity index (χ4n) is 6.33. The zero-order valence-corrected chi connectivity index (χ0v) is 29.2. The van der Waals surface area contributed by atoms with Crippen molar-refractivity contribution in [2.24, 2.45) is 0 Å². The number of methoxy groups -OCH3 is 2. The third-order valence-electron chi connectivity index (χ3n) is 8.92. The standard InChI is InChI=1S/C39H45N3O6S/c1-29-14-13-17-31(24-29)27-41(35(25-30-15-7-4-8-16-30)39(44)40-32-18-9-5-10-19-32)38(43)28-42(33-20-11-6-12-21-33)49(45,46)34-22-23-36(47-2)37(26-34)48-3/h4,6-8,11-17,20-24,26,32,35H,5,9-10,18-19,25,27-28H2,1-3H3,(H,40,44)/t35-/m1/s1. The lowest BCUT2D eigenvalue weighted by Crippen LogP contribution is -2.55. The van der Waals surface area contributed by atoms with E-state index in [0.29, 0.717) is 11.4 Å². The number of sulfonamides is 1. The quantitative estimate of drug-likeness (QED) is 0.167. The van der Waals surface area contributed by atoms with Crippen LogP contribution in [0.4, 0.5) is 5.69 Å². The SMILES string of the molecule is COc1ccc(S(=O)(=O)N(CC(=O)N(Cc2cccc(C)c2)[C@H](Cc2ccccc2)C(=O)NC2CCCCC2)c2ccccc2)cc1OC. The molecule has 0 unspecified atom stereocenters. The van der Waals surface area contributed by atoms with E-state index in [1.54, 1.807) is 35.2 Å². The molecule has 0 spiro atoms. The Labute approximate surface area is 289 Å². The molecule has 258 valence electrons. The first-order chi connectivity index (χ1) is 23.7. The molecule has 0 heterocycles. The molecule has 4 aromatic carbocycles.